The Bertz CT molecular complexity index is 612. The Labute approximate surface area is 128 Å². The second kappa shape index (κ2) is 7.43. The highest BCUT2D eigenvalue weighted by atomic mass is 35.5. The van der Waals surface area contributed by atoms with Gasteiger partial charge in [-0.2, -0.15) is 0 Å². The van der Waals surface area contributed by atoms with Crippen LogP contribution in [-0.2, 0) is 11.3 Å². The maximum Gasteiger partial charge on any atom is 0.303 e. The van der Waals surface area contributed by atoms with Crippen LogP contribution in [-0.4, -0.2) is 27.0 Å². The third kappa shape index (κ3) is 5.02. The van der Waals surface area contributed by atoms with Gasteiger partial charge in [0.2, 0.25) is 0 Å². The summed E-state index contributed by atoms with van der Waals surface area (Å²) >= 11 is 5.94. The van der Waals surface area contributed by atoms with Gasteiger partial charge in [0.25, 0.3) is 0 Å². The van der Waals surface area contributed by atoms with Crippen molar-refractivity contribution in [1.29, 1.82) is 0 Å². The highest BCUT2D eigenvalue weighted by Crippen LogP contribution is 2.12. The SMILES string of the molecule is CC(CCNCc1cn2cc(Cl)ccc2n1)CCC(=O)O. The van der Waals surface area contributed by atoms with E-state index < -0.39 is 5.97 Å². The number of nitrogens with one attached hydrogen (secondary N) is 1. The summed E-state index contributed by atoms with van der Waals surface area (Å²) in [5.74, 6) is -0.313. The standard InChI is InChI=1S/C15H20ClN3O2/c1-11(2-5-15(20)21)6-7-17-8-13-10-19-9-12(16)3-4-14(19)18-13/h3-4,9-11,17H,2,5-8H2,1H3,(H,20,21). The number of fused-ring (bicyclic) bond motifs is 1. The van der Waals surface area contributed by atoms with Crippen molar-refractivity contribution in [2.24, 2.45) is 5.92 Å². The van der Waals surface area contributed by atoms with Crippen molar-refractivity contribution in [2.75, 3.05) is 6.54 Å². The van der Waals surface area contributed by atoms with Crippen molar-refractivity contribution >= 4 is 23.2 Å². The van der Waals surface area contributed by atoms with Gasteiger partial charge >= 0.3 is 5.97 Å². The molecule has 114 valence electrons. The van der Waals surface area contributed by atoms with Crippen LogP contribution in [0.3, 0.4) is 0 Å². The summed E-state index contributed by atoms with van der Waals surface area (Å²) in [5.41, 5.74) is 1.85. The van der Waals surface area contributed by atoms with E-state index in [0.717, 1.165) is 30.7 Å². The van der Waals surface area contributed by atoms with Crippen molar-refractivity contribution in [3.05, 3.63) is 35.2 Å². The lowest BCUT2D eigenvalue weighted by atomic mass is 10.0. The Morgan fingerprint density at radius 2 is 2.24 bits per heavy atom. The van der Waals surface area contributed by atoms with E-state index >= 15 is 0 Å². The summed E-state index contributed by atoms with van der Waals surface area (Å²) in [4.78, 5) is 15.0. The van der Waals surface area contributed by atoms with Crippen molar-refractivity contribution in [1.82, 2.24) is 14.7 Å². The van der Waals surface area contributed by atoms with Crippen LogP contribution in [0, 0.1) is 5.92 Å². The minimum Gasteiger partial charge on any atom is -0.481 e. The Morgan fingerprint density at radius 1 is 1.43 bits per heavy atom. The summed E-state index contributed by atoms with van der Waals surface area (Å²) in [7, 11) is 0. The maximum absolute atomic E-state index is 10.5. The molecule has 0 bridgehead atoms. The second-order valence-corrected chi connectivity index (χ2v) is 5.78. The fourth-order valence-corrected chi connectivity index (χ4v) is 2.35. The third-order valence-corrected chi connectivity index (χ3v) is 3.66. The molecular weight excluding hydrogens is 290 g/mol. The third-order valence-electron chi connectivity index (χ3n) is 3.44. The molecule has 0 saturated heterocycles. The molecule has 2 aromatic heterocycles. The normalized spacial score (nSPS) is 12.7. The number of nitrogens with zero attached hydrogens (tertiary/aromatic N) is 2. The molecule has 5 nitrogen and oxygen atoms in total. The fraction of sp³-hybridized carbons (Fsp3) is 0.467. The molecule has 0 aliphatic carbocycles. The number of aliphatic carboxylic acids is 1. The number of carboxylic acids is 1. The highest BCUT2D eigenvalue weighted by Gasteiger charge is 2.06. The van der Waals surface area contributed by atoms with Gasteiger partial charge in [0.15, 0.2) is 0 Å². The van der Waals surface area contributed by atoms with Crippen LogP contribution in [0.4, 0.5) is 0 Å². The Hall–Kier alpha value is -1.59. The summed E-state index contributed by atoms with van der Waals surface area (Å²) < 4.78 is 1.91. The minimum atomic E-state index is -0.724. The number of imidazole rings is 1. The van der Waals surface area contributed by atoms with Crippen LogP contribution in [0.25, 0.3) is 5.65 Å². The summed E-state index contributed by atoms with van der Waals surface area (Å²) in [6.45, 7) is 3.64. The molecule has 0 aliphatic heterocycles. The molecule has 0 radical (unpaired) electrons. The van der Waals surface area contributed by atoms with Crippen LogP contribution >= 0.6 is 11.6 Å². The topological polar surface area (TPSA) is 66.6 Å². The molecule has 0 fully saturated rings. The Morgan fingerprint density at radius 3 is 3.00 bits per heavy atom. The molecule has 21 heavy (non-hydrogen) atoms. The van der Waals surface area contributed by atoms with Crippen molar-refractivity contribution in [3.8, 4) is 0 Å². The first-order valence-corrected chi connectivity index (χ1v) is 7.48. The first kappa shape index (κ1) is 15.8. The molecule has 0 spiro atoms. The largest absolute Gasteiger partial charge is 0.481 e. The van der Waals surface area contributed by atoms with Gasteiger partial charge < -0.3 is 14.8 Å². The summed E-state index contributed by atoms with van der Waals surface area (Å²) in [6, 6.07) is 3.71. The maximum atomic E-state index is 10.5. The quantitative estimate of drug-likeness (QED) is 0.736. The first-order valence-electron chi connectivity index (χ1n) is 7.10. The lowest BCUT2D eigenvalue weighted by Crippen LogP contribution is -2.17. The van der Waals surface area contributed by atoms with Gasteiger partial charge in [-0.1, -0.05) is 18.5 Å². The molecule has 1 unspecified atom stereocenters. The van der Waals surface area contributed by atoms with Gasteiger partial charge in [0.05, 0.1) is 10.7 Å². The number of carbonyl (C=O) groups is 1. The second-order valence-electron chi connectivity index (χ2n) is 5.35. The number of aromatic nitrogens is 2. The number of pyridine rings is 1. The Balaban J connectivity index is 1.73. The van der Waals surface area contributed by atoms with E-state index in [2.05, 4.69) is 17.2 Å². The van der Waals surface area contributed by atoms with Crippen molar-refractivity contribution in [3.63, 3.8) is 0 Å². The molecule has 2 N–H and O–H groups in total. The first-order chi connectivity index (χ1) is 10.0. The number of hydrogen-bond acceptors (Lipinski definition) is 3. The zero-order valence-corrected chi connectivity index (χ0v) is 12.8. The zero-order valence-electron chi connectivity index (χ0n) is 12.1. The molecule has 0 aliphatic rings. The van der Waals surface area contributed by atoms with Crippen LogP contribution in [0.15, 0.2) is 24.5 Å². The monoisotopic (exact) mass is 309 g/mol. The predicted octanol–water partition coefficient (Wildman–Crippen LogP) is 2.97. The number of hydrogen-bond donors (Lipinski definition) is 2. The number of halogens is 1. The van der Waals surface area contributed by atoms with Crippen molar-refractivity contribution in [2.45, 2.75) is 32.7 Å². The van der Waals surface area contributed by atoms with E-state index in [4.69, 9.17) is 16.7 Å². The molecular formula is C15H20ClN3O2. The van der Waals surface area contributed by atoms with E-state index in [1.54, 1.807) is 0 Å². The Kier molecular flexibility index (Phi) is 5.59. The van der Waals surface area contributed by atoms with E-state index in [9.17, 15) is 4.79 Å². The van der Waals surface area contributed by atoms with E-state index in [1.807, 2.05) is 28.9 Å². The van der Waals surface area contributed by atoms with Crippen LogP contribution in [0.2, 0.25) is 5.02 Å². The average molecular weight is 310 g/mol. The van der Waals surface area contributed by atoms with Gasteiger partial charge in [-0.3, -0.25) is 4.79 Å². The lowest BCUT2D eigenvalue weighted by molar-refractivity contribution is -0.137. The fourth-order valence-electron chi connectivity index (χ4n) is 2.18. The van der Waals surface area contributed by atoms with Crippen LogP contribution in [0.1, 0.15) is 31.9 Å². The molecule has 0 amide bonds. The lowest BCUT2D eigenvalue weighted by Gasteiger charge is -2.09. The molecule has 0 saturated carbocycles. The van der Waals surface area contributed by atoms with Crippen LogP contribution < -0.4 is 5.32 Å². The smallest absolute Gasteiger partial charge is 0.303 e. The van der Waals surface area contributed by atoms with E-state index in [1.165, 1.54) is 0 Å². The molecule has 2 aromatic rings. The van der Waals surface area contributed by atoms with Gasteiger partial charge in [-0.05, 0) is 37.4 Å². The minimum absolute atomic E-state index is 0.244. The zero-order chi connectivity index (χ0) is 15.2. The molecule has 6 heteroatoms. The molecule has 1 atom stereocenters. The van der Waals surface area contributed by atoms with Gasteiger partial charge in [-0.25, -0.2) is 4.98 Å². The van der Waals surface area contributed by atoms with Crippen LogP contribution in [0.5, 0.6) is 0 Å². The molecule has 0 aromatic carbocycles. The van der Waals surface area contributed by atoms with E-state index in [0.29, 0.717) is 17.5 Å². The van der Waals surface area contributed by atoms with Gasteiger partial charge in [0.1, 0.15) is 5.65 Å². The molecule has 2 heterocycles. The summed E-state index contributed by atoms with van der Waals surface area (Å²) in [6.07, 6.45) is 5.73. The van der Waals surface area contributed by atoms with Gasteiger partial charge in [0, 0.05) is 25.4 Å². The molecule has 2 rings (SSSR count). The number of carboxylic acid groups (broad SMARTS) is 1. The van der Waals surface area contributed by atoms with Crippen molar-refractivity contribution < 1.29 is 9.90 Å². The van der Waals surface area contributed by atoms with Gasteiger partial charge in [-0.15, -0.1) is 0 Å². The predicted molar refractivity (Wildman–Crippen MR) is 82.6 cm³/mol. The van der Waals surface area contributed by atoms with E-state index in [-0.39, 0.29) is 6.42 Å². The highest BCUT2D eigenvalue weighted by molar-refractivity contribution is 6.30. The summed E-state index contributed by atoms with van der Waals surface area (Å²) in [5, 5.41) is 12.7. The number of rotatable bonds is 8. The average Bonchev–Trinajstić information content (AvgIpc) is 2.83.